The van der Waals surface area contributed by atoms with Crippen molar-refractivity contribution in [1.82, 2.24) is 29.9 Å². The quantitative estimate of drug-likeness (QED) is 0.731. The summed E-state index contributed by atoms with van der Waals surface area (Å²) in [6, 6.07) is 6.66. The molecule has 0 saturated heterocycles. The Hall–Kier alpha value is -3.29. The fourth-order valence-electron chi connectivity index (χ4n) is 2.15. The van der Waals surface area contributed by atoms with E-state index in [0.717, 1.165) is 21.5 Å². The van der Waals surface area contributed by atoms with Crippen LogP contribution in [0.4, 0.5) is 0 Å². The Labute approximate surface area is 137 Å². The lowest BCUT2D eigenvalue weighted by molar-refractivity contribution is -0.122. The zero-order valence-electron chi connectivity index (χ0n) is 13.1. The molecular formula is C16H16N6O2. The maximum atomic E-state index is 11.9. The van der Waals surface area contributed by atoms with Crippen molar-refractivity contribution < 1.29 is 4.79 Å². The average molecular weight is 324 g/mol. The second-order valence-electron chi connectivity index (χ2n) is 5.25. The molecule has 3 aromatic rings. The molecule has 3 aromatic heterocycles. The monoisotopic (exact) mass is 324 g/mol. The molecule has 0 saturated carbocycles. The lowest BCUT2D eigenvalue weighted by Gasteiger charge is -2.06. The highest BCUT2D eigenvalue weighted by molar-refractivity contribution is 5.75. The summed E-state index contributed by atoms with van der Waals surface area (Å²) in [5.41, 5.74) is 2.31. The Bertz CT molecular complexity index is 897. The molecule has 3 heterocycles. The molecule has 0 atom stereocenters. The average Bonchev–Trinajstić information content (AvgIpc) is 3.02. The fourth-order valence-corrected chi connectivity index (χ4v) is 2.15. The first-order valence-electron chi connectivity index (χ1n) is 7.34. The first kappa shape index (κ1) is 15.6. The molecule has 0 unspecified atom stereocenters. The maximum absolute atomic E-state index is 11.9. The Kier molecular flexibility index (Phi) is 4.46. The number of carbonyl (C=O) groups is 1. The zero-order chi connectivity index (χ0) is 16.9. The van der Waals surface area contributed by atoms with E-state index in [4.69, 9.17) is 0 Å². The lowest BCUT2D eigenvalue weighted by atomic mass is 10.2. The first-order chi connectivity index (χ1) is 11.6. The number of hydrogen-bond acceptors (Lipinski definition) is 5. The number of aromatic nitrogens is 5. The Morgan fingerprint density at radius 2 is 2.08 bits per heavy atom. The van der Waals surface area contributed by atoms with Crippen LogP contribution in [0.2, 0.25) is 0 Å². The third-order valence-electron chi connectivity index (χ3n) is 3.39. The number of nitrogens with one attached hydrogen (secondary N) is 1. The second-order valence-corrected chi connectivity index (χ2v) is 5.25. The second kappa shape index (κ2) is 6.86. The van der Waals surface area contributed by atoms with Crippen LogP contribution < -0.4 is 10.9 Å². The van der Waals surface area contributed by atoms with Crippen molar-refractivity contribution in [2.45, 2.75) is 13.1 Å². The van der Waals surface area contributed by atoms with Gasteiger partial charge in [-0.15, -0.1) is 0 Å². The molecule has 0 aromatic carbocycles. The van der Waals surface area contributed by atoms with Crippen LogP contribution in [0, 0.1) is 0 Å². The van der Waals surface area contributed by atoms with E-state index in [1.807, 2.05) is 25.4 Å². The molecule has 0 aliphatic heterocycles. The molecule has 8 nitrogen and oxygen atoms in total. The van der Waals surface area contributed by atoms with Crippen molar-refractivity contribution in [3.63, 3.8) is 0 Å². The van der Waals surface area contributed by atoms with Gasteiger partial charge in [0.15, 0.2) is 0 Å². The molecule has 8 heteroatoms. The van der Waals surface area contributed by atoms with Gasteiger partial charge in [-0.05, 0) is 17.7 Å². The van der Waals surface area contributed by atoms with Gasteiger partial charge in [-0.3, -0.25) is 19.3 Å². The molecule has 1 N–H and O–H groups in total. The Balaban J connectivity index is 1.57. The third kappa shape index (κ3) is 3.72. The molecule has 0 bridgehead atoms. The molecule has 24 heavy (non-hydrogen) atoms. The summed E-state index contributed by atoms with van der Waals surface area (Å²) in [4.78, 5) is 27.8. The predicted molar refractivity (Wildman–Crippen MR) is 86.8 cm³/mol. The Morgan fingerprint density at radius 3 is 2.75 bits per heavy atom. The summed E-state index contributed by atoms with van der Waals surface area (Å²) in [5.74, 6) is -0.285. The summed E-state index contributed by atoms with van der Waals surface area (Å²) in [5, 5.41) is 10.7. The van der Waals surface area contributed by atoms with E-state index in [-0.39, 0.29) is 18.0 Å². The fraction of sp³-hybridized carbons (Fsp3) is 0.188. The van der Waals surface area contributed by atoms with Gasteiger partial charge in [-0.2, -0.15) is 10.2 Å². The molecule has 1 amide bonds. The van der Waals surface area contributed by atoms with E-state index in [9.17, 15) is 9.59 Å². The number of carbonyl (C=O) groups excluding carboxylic acids is 1. The Morgan fingerprint density at radius 1 is 1.21 bits per heavy atom. The highest BCUT2D eigenvalue weighted by atomic mass is 16.2. The number of amides is 1. The summed E-state index contributed by atoms with van der Waals surface area (Å²) in [7, 11) is 1.85. The largest absolute Gasteiger partial charge is 0.350 e. The molecule has 3 rings (SSSR count). The van der Waals surface area contributed by atoms with Crippen LogP contribution in [0.3, 0.4) is 0 Å². The normalized spacial score (nSPS) is 10.5. The smallest absolute Gasteiger partial charge is 0.267 e. The lowest BCUT2D eigenvalue weighted by Crippen LogP contribution is -2.32. The van der Waals surface area contributed by atoms with E-state index in [1.165, 1.54) is 18.3 Å². The van der Waals surface area contributed by atoms with E-state index in [0.29, 0.717) is 6.54 Å². The molecule has 0 aliphatic carbocycles. The van der Waals surface area contributed by atoms with E-state index >= 15 is 0 Å². The minimum absolute atomic E-state index is 0.110. The van der Waals surface area contributed by atoms with Gasteiger partial charge in [0.25, 0.3) is 5.56 Å². The van der Waals surface area contributed by atoms with Gasteiger partial charge in [0.05, 0.1) is 11.9 Å². The minimum atomic E-state index is -0.310. The number of aryl methyl sites for hydroxylation is 1. The highest BCUT2D eigenvalue weighted by Crippen LogP contribution is 2.15. The molecule has 0 radical (unpaired) electrons. The van der Waals surface area contributed by atoms with Crippen LogP contribution in [0.1, 0.15) is 5.56 Å². The first-order valence-corrected chi connectivity index (χ1v) is 7.34. The van der Waals surface area contributed by atoms with Crippen molar-refractivity contribution >= 4 is 5.91 Å². The van der Waals surface area contributed by atoms with Crippen LogP contribution in [-0.4, -0.2) is 30.5 Å². The van der Waals surface area contributed by atoms with Crippen LogP contribution in [0.25, 0.3) is 11.3 Å². The van der Waals surface area contributed by atoms with E-state index in [1.54, 1.807) is 17.1 Å². The van der Waals surface area contributed by atoms with Gasteiger partial charge >= 0.3 is 0 Å². The summed E-state index contributed by atoms with van der Waals surface area (Å²) in [6.07, 6.45) is 6.80. The highest BCUT2D eigenvalue weighted by Gasteiger charge is 2.06. The molecule has 0 aliphatic rings. The molecule has 0 fully saturated rings. The van der Waals surface area contributed by atoms with E-state index < -0.39 is 0 Å². The van der Waals surface area contributed by atoms with Crippen molar-refractivity contribution in [3.8, 4) is 11.3 Å². The summed E-state index contributed by atoms with van der Waals surface area (Å²) in [6.45, 7) is 0.224. The van der Waals surface area contributed by atoms with Crippen LogP contribution in [0.15, 0.2) is 53.8 Å². The number of hydrogen-bond donors (Lipinski definition) is 1. The van der Waals surface area contributed by atoms with Gasteiger partial charge in [0.1, 0.15) is 6.54 Å². The summed E-state index contributed by atoms with van der Waals surface area (Å²) >= 11 is 0. The number of nitrogens with zero attached hydrogens (tertiary/aromatic N) is 5. The van der Waals surface area contributed by atoms with Crippen LogP contribution >= 0.6 is 0 Å². The van der Waals surface area contributed by atoms with E-state index in [2.05, 4.69) is 20.5 Å². The van der Waals surface area contributed by atoms with Gasteiger partial charge in [-0.25, -0.2) is 4.68 Å². The van der Waals surface area contributed by atoms with Crippen molar-refractivity contribution in [1.29, 1.82) is 0 Å². The van der Waals surface area contributed by atoms with Crippen LogP contribution in [-0.2, 0) is 24.9 Å². The molecule has 0 spiro atoms. The van der Waals surface area contributed by atoms with Gasteiger partial charge in [0, 0.05) is 43.8 Å². The van der Waals surface area contributed by atoms with Gasteiger partial charge < -0.3 is 5.32 Å². The van der Waals surface area contributed by atoms with Crippen molar-refractivity contribution in [3.05, 3.63) is 65.0 Å². The standard InChI is InChI=1S/C16H16N6O2/c1-21-10-13(9-20-21)14-5-4-12(7-17-14)8-18-15(23)11-22-16(24)3-2-6-19-22/h2-7,9-10H,8,11H2,1H3,(H,18,23). The van der Waals surface area contributed by atoms with Crippen molar-refractivity contribution in [2.24, 2.45) is 7.05 Å². The summed E-state index contributed by atoms with van der Waals surface area (Å²) < 4.78 is 2.82. The molecular weight excluding hydrogens is 308 g/mol. The molecule has 122 valence electrons. The number of pyridine rings is 1. The van der Waals surface area contributed by atoms with Crippen LogP contribution in [0.5, 0.6) is 0 Å². The zero-order valence-corrected chi connectivity index (χ0v) is 13.1. The van der Waals surface area contributed by atoms with Gasteiger partial charge in [-0.1, -0.05) is 6.07 Å². The minimum Gasteiger partial charge on any atom is -0.350 e. The topological polar surface area (TPSA) is 94.7 Å². The maximum Gasteiger partial charge on any atom is 0.267 e. The predicted octanol–water partition coefficient (Wildman–Crippen LogP) is 0.355. The van der Waals surface area contributed by atoms with Crippen molar-refractivity contribution in [2.75, 3.05) is 0 Å². The number of rotatable bonds is 5. The SMILES string of the molecule is Cn1cc(-c2ccc(CNC(=O)Cn3ncccc3=O)cn2)cn1. The third-order valence-corrected chi connectivity index (χ3v) is 3.39. The van der Waals surface area contributed by atoms with Gasteiger partial charge in [0.2, 0.25) is 5.91 Å².